The van der Waals surface area contributed by atoms with Crippen LogP contribution in [0.1, 0.15) is 66.4 Å². The van der Waals surface area contributed by atoms with Crippen molar-refractivity contribution in [1.82, 2.24) is 19.7 Å². The molecule has 0 aliphatic carbocycles. The van der Waals surface area contributed by atoms with Gasteiger partial charge in [-0.05, 0) is 81.6 Å². The number of amides is 1. The van der Waals surface area contributed by atoms with Crippen LogP contribution in [0.2, 0.25) is 0 Å². The Bertz CT molecular complexity index is 2150. The first-order valence-electron chi connectivity index (χ1n) is 16.8. The number of likely N-dealkylation sites (N-methyl/N-ethyl adjacent to an activating group) is 1. The Morgan fingerprint density at radius 1 is 1.09 bits per heavy atom. The highest BCUT2D eigenvalue weighted by molar-refractivity contribution is 7.10. The van der Waals surface area contributed by atoms with Gasteiger partial charge in [-0.1, -0.05) is 25.1 Å². The molecule has 0 unspecified atom stereocenters. The van der Waals surface area contributed by atoms with Crippen LogP contribution in [0, 0.1) is 36.8 Å². The molecule has 0 aliphatic heterocycles. The molecule has 0 spiro atoms. The highest BCUT2D eigenvalue weighted by Crippen LogP contribution is 2.41. The van der Waals surface area contributed by atoms with E-state index >= 15 is 4.39 Å². The molecule has 3 aromatic carbocycles. The lowest BCUT2D eigenvalue weighted by atomic mass is 9.82. The number of benzene rings is 3. The van der Waals surface area contributed by atoms with E-state index in [1.54, 1.807) is 69.2 Å². The van der Waals surface area contributed by atoms with Crippen molar-refractivity contribution >= 4 is 23.4 Å². The first-order valence-corrected chi connectivity index (χ1v) is 17.6. The summed E-state index contributed by atoms with van der Waals surface area (Å²) in [4.78, 5) is 30.9. The molecule has 0 radical (unpaired) electrons. The molecule has 1 N–H and O–H groups in total. The quantitative estimate of drug-likeness (QED) is 0.0913. The molecule has 11 nitrogen and oxygen atoms in total. The molecule has 2 heterocycles. The van der Waals surface area contributed by atoms with Gasteiger partial charge >= 0.3 is 12.1 Å². The summed E-state index contributed by atoms with van der Waals surface area (Å²) < 4.78 is 43.6. The van der Waals surface area contributed by atoms with Crippen molar-refractivity contribution in [2.75, 3.05) is 13.6 Å². The number of hydrogen-bond donors (Lipinski definition) is 1. The van der Waals surface area contributed by atoms with Gasteiger partial charge in [-0.2, -0.15) is 5.26 Å². The Balaban J connectivity index is 1.33. The number of aryl methyl sites for hydroxylation is 2. The molecule has 0 saturated carbocycles. The van der Waals surface area contributed by atoms with E-state index in [0.29, 0.717) is 39.7 Å². The van der Waals surface area contributed by atoms with Crippen LogP contribution in [0.5, 0.6) is 5.75 Å². The first-order chi connectivity index (χ1) is 24.9. The van der Waals surface area contributed by atoms with Gasteiger partial charge in [0.1, 0.15) is 41.7 Å². The zero-order valence-corrected chi connectivity index (χ0v) is 31.4. The van der Waals surface area contributed by atoms with Gasteiger partial charge in [-0.15, -0.1) is 16.0 Å². The van der Waals surface area contributed by atoms with Crippen molar-refractivity contribution in [3.63, 3.8) is 0 Å². The minimum atomic E-state index is -1.89. The molecule has 2 aromatic heterocycles. The van der Waals surface area contributed by atoms with Crippen molar-refractivity contribution in [2.24, 2.45) is 0 Å². The fourth-order valence-electron chi connectivity index (χ4n) is 5.86. The van der Waals surface area contributed by atoms with Gasteiger partial charge in [0.25, 0.3) is 6.33 Å². The number of carbonyl (C=O) groups is 2. The van der Waals surface area contributed by atoms with Crippen LogP contribution in [0.3, 0.4) is 0 Å². The summed E-state index contributed by atoms with van der Waals surface area (Å²) in [6.07, 6.45) is 2.61. The number of esters is 1. The van der Waals surface area contributed by atoms with E-state index in [1.165, 1.54) is 29.1 Å². The summed E-state index contributed by atoms with van der Waals surface area (Å²) in [6.45, 7) is 10.5. The summed E-state index contributed by atoms with van der Waals surface area (Å²) in [5.74, 6) is -2.64. The van der Waals surface area contributed by atoms with Crippen molar-refractivity contribution in [3.8, 4) is 23.1 Å². The van der Waals surface area contributed by atoms with E-state index in [1.807, 2.05) is 31.4 Å². The summed E-state index contributed by atoms with van der Waals surface area (Å²) in [5.41, 5.74) is 1.54. The van der Waals surface area contributed by atoms with E-state index in [2.05, 4.69) is 11.2 Å². The number of thiazole rings is 1. The van der Waals surface area contributed by atoms with E-state index in [9.17, 15) is 19.1 Å². The van der Waals surface area contributed by atoms with Crippen molar-refractivity contribution in [3.05, 3.63) is 117 Å². The average Bonchev–Trinajstić information content (AvgIpc) is 3.75. The predicted molar refractivity (Wildman–Crippen MR) is 193 cm³/mol. The maximum atomic E-state index is 15.4. The van der Waals surface area contributed by atoms with Crippen LogP contribution >= 0.6 is 11.3 Å². The molecule has 2 atom stereocenters. The van der Waals surface area contributed by atoms with Crippen LogP contribution in [0.4, 0.5) is 13.6 Å². The summed E-state index contributed by atoms with van der Waals surface area (Å²) >= 11 is 1.30. The number of nitriles is 1. The fraction of sp³-hybridized carbons (Fsp3) is 0.333. The smallest absolute Gasteiger partial charge is 0.410 e. The predicted octanol–water partition coefficient (Wildman–Crippen LogP) is 6.57. The number of carbonyl (C=O) groups excluding carboxylic acids is 2. The van der Waals surface area contributed by atoms with Gasteiger partial charge < -0.3 is 19.5 Å². The zero-order chi connectivity index (χ0) is 38.7. The monoisotopic (exact) mass is 743 g/mol. The lowest BCUT2D eigenvalue weighted by molar-refractivity contribution is -0.689. The lowest BCUT2D eigenvalue weighted by Crippen LogP contribution is -2.39. The Hall–Kier alpha value is -5.52. The number of nitrogens with zero attached hydrogens (tertiary/aromatic N) is 6. The Labute approximate surface area is 310 Å². The number of halogens is 2. The van der Waals surface area contributed by atoms with Crippen LogP contribution in [0.25, 0.3) is 11.3 Å². The molecule has 53 heavy (non-hydrogen) atoms. The maximum Gasteiger partial charge on any atom is 0.410 e. The van der Waals surface area contributed by atoms with E-state index in [0.717, 1.165) is 28.2 Å². The molecule has 5 aromatic rings. The molecular weight excluding hydrogens is 703 g/mol. The second-order valence-corrected chi connectivity index (χ2v) is 14.9. The maximum absolute atomic E-state index is 15.4. The highest BCUT2D eigenvalue weighted by Gasteiger charge is 2.43. The third-order valence-electron chi connectivity index (χ3n) is 8.52. The average molecular weight is 744 g/mol. The van der Waals surface area contributed by atoms with Crippen LogP contribution in [-0.4, -0.2) is 56.0 Å². The zero-order valence-electron chi connectivity index (χ0n) is 30.6. The van der Waals surface area contributed by atoms with E-state index < -0.39 is 40.8 Å². The highest BCUT2D eigenvalue weighted by atomic mass is 32.1. The van der Waals surface area contributed by atoms with Gasteiger partial charge in [0.05, 0.1) is 28.9 Å². The van der Waals surface area contributed by atoms with Gasteiger partial charge in [0.2, 0.25) is 6.33 Å². The topological polar surface area (TPSA) is 134 Å². The van der Waals surface area contributed by atoms with Gasteiger partial charge in [0.15, 0.2) is 0 Å². The molecule has 5 rings (SSSR count). The van der Waals surface area contributed by atoms with E-state index in [4.69, 9.17) is 19.7 Å². The number of ether oxygens (including phenoxy) is 2. The van der Waals surface area contributed by atoms with Crippen LogP contribution in [0.15, 0.2) is 72.6 Å². The number of hydrogen-bond acceptors (Lipinski definition) is 9. The molecule has 0 bridgehead atoms. The molecule has 14 heteroatoms. The molecule has 276 valence electrons. The Kier molecular flexibility index (Phi) is 11.4. The van der Waals surface area contributed by atoms with Gasteiger partial charge in [-0.25, -0.2) is 27.9 Å². The standard InChI is InChI=1S/C39H41F2N6O5S/c1-24-14-28(15-25(2)35(24)51-34(48)19-45(7)37(49)52-38(4,5)6)18-46-22-43-47(23-46)21-39(50,31-13-12-30(40)16-32(31)41)26(3)36-44-33(20-53-36)29-10-8-27(17-42)9-11-29/h8-16,20,22-23,26,50H,18-19,21H2,1-7H3/q+1/t26-,39+/m0/s1. The largest absolute Gasteiger partial charge is 0.444 e. The first kappa shape index (κ1) is 38.7. The third-order valence-corrected chi connectivity index (χ3v) is 9.55. The third kappa shape index (κ3) is 9.29. The van der Waals surface area contributed by atoms with Crippen molar-refractivity contribution in [2.45, 2.75) is 71.8 Å². The molecule has 1 amide bonds. The van der Waals surface area contributed by atoms with Crippen LogP contribution in [-0.2, 0) is 28.2 Å². The van der Waals surface area contributed by atoms with Gasteiger partial charge in [-0.3, -0.25) is 0 Å². The van der Waals surface area contributed by atoms with E-state index in [-0.39, 0.29) is 18.7 Å². The van der Waals surface area contributed by atoms with Crippen LogP contribution < -0.4 is 9.30 Å². The molecule has 0 aliphatic rings. The fourth-order valence-corrected chi connectivity index (χ4v) is 6.83. The minimum absolute atomic E-state index is 0.0998. The van der Waals surface area contributed by atoms with Crippen molar-refractivity contribution < 1.29 is 37.5 Å². The summed E-state index contributed by atoms with van der Waals surface area (Å²) in [5, 5.41) is 28.3. The summed E-state index contributed by atoms with van der Waals surface area (Å²) in [7, 11) is 1.46. The number of aliphatic hydroxyl groups is 1. The second-order valence-electron chi connectivity index (χ2n) is 14.0. The normalized spacial score (nSPS) is 13.2. The number of rotatable bonds is 11. The SMILES string of the molecule is Cc1cc(C[n+]2cnn(C[C@](O)(c3ccc(F)cc3F)[C@@H](C)c3nc(-c4ccc(C#N)cc4)cs3)c2)cc(C)c1OC(=O)CN(C)C(=O)OC(C)(C)C. The van der Waals surface area contributed by atoms with Crippen molar-refractivity contribution in [1.29, 1.82) is 5.26 Å². The molecular formula is C39H41F2N6O5S+. The Morgan fingerprint density at radius 2 is 1.77 bits per heavy atom. The lowest BCUT2D eigenvalue weighted by Gasteiger charge is -2.32. The minimum Gasteiger partial charge on any atom is -0.444 e. The molecule has 0 saturated heterocycles. The molecule has 0 fully saturated rings. The van der Waals surface area contributed by atoms with Gasteiger partial charge in [0, 0.05) is 40.6 Å². The Morgan fingerprint density at radius 3 is 2.40 bits per heavy atom. The summed E-state index contributed by atoms with van der Waals surface area (Å²) in [6, 6.07) is 15.9. The number of aromatic nitrogens is 4. The second kappa shape index (κ2) is 15.6.